The van der Waals surface area contributed by atoms with Crippen LogP contribution < -0.4 is 4.74 Å². The molecule has 0 aliphatic carbocycles. The van der Waals surface area contributed by atoms with Crippen LogP contribution in [0.1, 0.15) is 45.6 Å². The minimum absolute atomic E-state index is 0.315. The Labute approximate surface area is 92.7 Å². The minimum Gasteiger partial charge on any atom is -0.474 e. The molecule has 0 aliphatic heterocycles. The highest BCUT2D eigenvalue weighted by molar-refractivity contribution is 5.17. The van der Waals surface area contributed by atoms with Crippen LogP contribution in [0, 0.1) is 0 Å². The largest absolute Gasteiger partial charge is 0.474 e. The predicted molar refractivity (Wildman–Crippen MR) is 63.2 cm³/mol. The van der Waals surface area contributed by atoms with Gasteiger partial charge in [-0.25, -0.2) is 4.98 Å². The monoisotopic (exact) mass is 207 g/mol. The van der Waals surface area contributed by atoms with Crippen LogP contribution in [0.15, 0.2) is 18.3 Å². The van der Waals surface area contributed by atoms with Gasteiger partial charge in [-0.2, -0.15) is 0 Å². The Morgan fingerprint density at radius 3 is 2.53 bits per heavy atom. The summed E-state index contributed by atoms with van der Waals surface area (Å²) < 4.78 is 5.79. The molecule has 0 spiro atoms. The first-order valence-corrected chi connectivity index (χ1v) is 5.91. The molecule has 1 heterocycles. The van der Waals surface area contributed by atoms with Gasteiger partial charge in [-0.15, -0.1) is 0 Å². The smallest absolute Gasteiger partial charge is 0.213 e. The molecule has 2 nitrogen and oxygen atoms in total. The summed E-state index contributed by atoms with van der Waals surface area (Å²) in [5.74, 6) is 0.757. The van der Waals surface area contributed by atoms with E-state index < -0.39 is 0 Å². The number of aryl methyl sites for hydroxylation is 1. The fraction of sp³-hybridized carbons (Fsp3) is 0.615. The predicted octanol–water partition coefficient (Wildman–Crippen LogP) is 3.60. The van der Waals surface area contributed by atoms with Crippen LogP contribution in [0.5, 0.6) is 5.88 Å². The maximum Gasteiger partial charge on any atom is 0.213 e. The van der Waals surface area contributed by atoms with Gasteiger partial charge in [-0.1, -0.05) is 33.3 Å². The van der Waals surface area contributed by atoms with Crippen LogP contribution in [0.2, 0.25) is 0 Å². The van der Waals surface area contributed by atoms with Crippen molar-refractivity contribution in [2.45, 2.75) is 52.6 Å². The van der Waals surface area contributed by atoms with Crippen molar-refractivity contribution in [3.05, 3.63) is 23.9 Å². The van der Waals surface area contributed by atoms with E-state index in [-0.39, 0.29) is 0 Å². The molecule has 1 aromatic heterocycles. The molecule has 15 heavy (non-hydrogen) atoms. The molecular weight excluding hydrogens is 186 g/mol. The molecule has 0 amide bonds. The van der Waals surface area contributed by atoms with E-state index in [0.717, 1.165) is 31.6 Å². The van der Waals surface area contributed by atoms with Gasteiger partial charge in [-0.05, 0) is 24.8 Å². The average Bonchev–Trinajstić information content (AvgIpc) is 2.29. The van der Waals surface area contributed by atoms with Crippen LogP contribution >= 0.6 is 0 Å². The van der Waals surface area contributed by atoms with Crippen LogP contribution in [-0.2, 0) is 6.42 Å². The fourth-order valence-electron chi connectivity index (χ4n) is 1.53. The minimum atomic E-state index is 0.315. The second kappa shape index (κ2) is 6.44. The van der Waals surface area contributed by atoms with Gasteiger partial charge < -0.3 is 4.74 Å². The van der Waals surface area contributed by atoms with Crippen molar-refractivity contribution in [1.82, 2.24) is 4.98 Å². The number of rotatable bonds is 6. The standard InChI is InChI=1S/C13H21NO/c1-4-7-12(6-3)15-13-9-8-11(5-2)10-14-13/h8-10,12H,4-7H2,1-3H3. The number of hydrogen-bond acceptors (Lipinski definition) is 2. The van der Waals surface area contributed by atoms with Gasteiger partial charge >= 0.3 is 0 Å². The van der Waals surface area contributed by atoms with Crippen LogP contribution in [0.3, 0.4) is 0 Å². The van der Waals surface area contributed by atoms with Crippen LogP contribution in [0.25, 0.3) is 0 Å². The van der Waals surface area contributed by atoms with E-state index in [9.17, 15) is 0 Å². The van der Waals surface area contributed by atoms with E-state index in [1.807, 2.05) is 12.3 Å². The molecule has 1 rings (SSSR count). The van der Waals surface area contributed by atoms with Gasteiger partial charge in [0.05, 0.1) is 0 Å². The maximum absolute atomic E-state index is 5.79. The van der Waals surface area contributed by atoms with Gasteiger partial charge in [0.25, 0.3) is 0 Å². The lowest BCUT2D eigenvalue weighted by Crippen LogP contribution is -2.15. The molecule has 0 saturated heterocycles. The highest BCUT2D eigenvalue weighted by Gasteiger charge is 2.07. The Hall–Kier alpha value is -1.05. The molecule has 0 aromatic carbocycles. The summed E-state index contributed by atoms with van der Waals surface area (Å²) in [7, 11) is 0. The van der Waals surface area contributed by atoms with E-state index in [0.29, 0.717) is 6.10 Å². The van der Waals surface area contributed by atoms with Crippen LogP contribution in [0.4, 0.5) is 0 Å². The Balaban J connectivity index is 2.55. The van der Waals surface area contributed by atoms with Crippen molar-refractivity contribution in [2.24, 2.45) is 0 Å². The van der Waals surface area contributed by atoms with Gasteiger partial charge in [0.15, 0.2) is 0 Å². The van der Waals surface area contributed by atoms with E-state index in [4.69, 9.17) is 4.74 Å². The number of aromatic nitrogens is 1. The van der Waals surface area contributed by atoms with Crippen molar-refractivity contribution in [2.75, 3.05) is 0 Å². The Morgan fingerprint density at radius 1 is 1.27 bits per heavy atom. The highest BCUT2D eigenvalue weighted by atomic mass is 16.5. The zero-order valence-electron chi connectivity index (χ0n) is 9.99. The lowest BCUT2D eigenvalue weighted by molar-refractivity contribution is 0.178. The zero-order valence-corrected chi connectivity index (χ0v) is 9.99. The second-order valence-electron chi connectivity index (χ2n) is 3.80. The summed E-state index contributed by atoms with van der Waals surface area (Å²) in [5.41, 5.74) is 1.26. The molecular formula is C13H21NO. The molecule has 1 unspecified atom stereocenters. The van der Waals surface area contributed by atoms with Crippen LogP contribution in [-0.4, -0.2) is 11.1 Å². The molecule has 1 aromatic rings. The molecule has 2 heteroatoms. The van der Waals surface area contributed by atoms with Crippen molar-refractivity contribution < 1.29 is 4.74 Å². The summed E-state index contributed by atoms with van der Waals surface area (Å²) in [5, 5.41) is 0. The summed E-state index contributed by atoms with van der Waals surface area (Å²) in [6, 6.07) is 4.05. The fourth-order valence-corrected chi connectivity index (χ4v) is 1.53. The highest BCUT2D eigenvalue weighted by Crippen LogP contribution is 2.14. The second-order valence-corrected chi connectivity index (χ2v) is 3.80. The Morgan fingerprint density at radius 2 is 2.07 bits per heavy atom. The molecule has 0 fully saturated rings. The first kappa shape index (κ1) is 12.0. The first-order chi connectivity index (χ1) is 7.30. The van der Waals surface area contributed by atoms with Gasteiger partial charge in [0.1, 0.15) is 6.10 Å². The third kappa shape index (κ3) is 3.90. The topological polar surface area (TPSA) is 22.1 Å². The molecule has 0 N–H and O–H groups in total. The van der Waals surface area contributed by atoms with E-state index in [1.165, 1.54) is 5.56 Å². The summed E-state index contributed by atoms with van der Waals surface area (Å²) in [4.78, 5) is 4.30. The quantitative estimate of drug-likeness (QED) is 0.711. The van der Waals surface area contributed by atoms with Gasteiger partial charge in [0.2, 0.25) is 5.88 Å². The molecule has 84 valence electrons. The lowest BCUT2D eigenvalue weighted by atomic mass is 10.1. The Bertz CT molecular complexity index is 268. The number of pyridine rings is 1. The molecule has 0 aliphatic rings. The molecule has 0 bridgehead atoms. The van der Waals surface area contributed by atoms with Gasteiger partial charge in [0, 0.05) is 12.3 Å². The lowest BCUT2D eigenvalue weighted by Gasteiger charge is -2.15. The SMILES string of the molecule is CCCC(CC)Oc1ccc(CC)cn1. The number of ether oxygens (including phenoxy) is 1. The van der Waals surface area contributed by atoms with E-state index in [1.54, 1.807) is 0 Å². The average molecular weight is 207 g/mol. The molecule has 0 saturated carbocycles. The third-order valence-electron chi connectivity index (χ3n) is 2.56. The normalized spacial score (nSPS) is 12.5. The zero-order chi connectivity index (χ0) is 11.1. The summed E-state index contributed by atoms with van der Waals surface area (Å²) in [6.07, 6.45) is 6.55. The summed E-state index contributed by atoms with van der Waals surface area (Å²) >= 11 is 0. The number of hydrogen-bond donors (Lipinski definition) is 0. The van der Waals surface area contributed by atoms with Gasteiger partial charge in [-0.3, -0.25) is 0 Å². The maximum atomic E-state index is 5.79. The third-order valence-corrected chi connectivity index (χ3v) is 2.56. The Kier molecular flexibility index (Phi) is 5.16. The number of nitrogens with zero attached hydrogens (tertiary/aromatic N) is 1. The summed E-state index contributed by atoms with van der Waals surface area (Å²) in [6.45, 7) is 6.46. The van der Waals surface area contributed by atoms with Crippen molar-refractivity contribution in [3.63, 3.8) is 0 Å². The van der Waals surface area contributed by atoms with E-state index >= 15 is 0 Å². The molecule has 0 radical (unpaired) electrons. The molecule has 1 atom stereocenters. The van der Waals surface area contributed by atoms with Crippen molar-refractivity contribution in [1.29, 1.82) is 0 Å². The van der Waals surface area contributed by atoms with E-state index in [2.05, 4.69) is 31.8 Å². The van der Waals surface area contributed by atoms with Crippen molar-refractivity contribution >= 4 is 0 Å². The van der Waals surface area contributed by atoms with Crippen molar-refractivity contribution in [3.8, 4) is 5.88 Å². The first-order valence-electron chi connectivity index (χ1n) is 5.91.